The lowest BCUT2D eigenvalue weighted by molar-refractivity contribution is -0.141. The average molecular weight is 460 g/mol. The number of fused-ring (bicyclic) bond motifs is 2. The van der Waals surface area contributed by atoms with E-state index in [-0.39, 0.29) is 18.2 Å². The highest BCUT2D eigenvalue weighted by atomic mass is 19.1. The molecule has 1 saturated carbocycles. The van der Waals surface area contributed by atoms with E-state index in [1.54, 1.807) is 25.3 Å². The van der Waals surface area contributed by atoms with E-state index < -0.39 is 17.3 Å². The first kappa shape index (κ1) is 22.1. The first-order valence-electron chi connectivity index (χ1n) is 11.5. The van der Waals surface area contributed by atoms with E-state index in [0.29, 0.717) is 24.1 Å². The molecular formula is C26H26FN5O2. The van der Waals surface area contributed by atoms with Gasteiger partial charge in [0.15, 0.2) is 5.65 Å². The van der Waals surface area contributed by atoms with Gasteiger partial charge < -0.3 is 9.67 Å². The number of hydrogen-bond donors (Lipinski definition) is 2. The van der Waals surface area contributed by atoms with Gasteiger partial charge in [0.25, 0.3) is 0 Å². The molecule has 7 nitrogen and oxygen atoms in total. The standard InChI is InChI=1S/C26H26FN5O2/c1-14-10-18(6-7-19(14)27)32-20-12-17-13-29-31-24(17)30-22(20)21(23(32)26(2,3)8-9-28)15-4-5-16(11-15)25(33)34/h6-7,10,12-13,15-16H,4-5,8,11H2,1-3H3,(H,33,34)(H,29,30,31)/t15-,16-/m1/s1. The third kappa shape index (κ3) is 3.43. The number of nitrogens with zero attached hydrogens (tertiary/aromatic N) is 4. The van der Waals surface area contributed by atoms with E-state index >= 15 is 0 Å². The normalized spacial score (nSPS) is 18.6. The Kier molecular flexibility index (Phi) is 5.16. The second-order valence-electron chi connectivity index (χ2n) is 9.96. The molecule has 0 unspecified atom stereocenters. The second-order valence-corrected chi connectivity index (χ2v) is 9.96. The third-order valence-corrected chi connectivity index (χ3v) is 7.13. The molecule has 4 aromatic rings. The van der Waals surface area contributed by atoms with Gasteiger partial charge in [-0.3, -0.25) is 9.89 Å². The number of aromatic amines is 1. The summed E-state index contributed by atoms with van der Waals surface area (Å²) in [4.78, 5) is 16.7. The largest absolute Gasteiger partial charge is 0.481 e. The fourth-order valence-corrected chi connectivity index (χ4v) is 5.43. The number of carbonyl (C=O) groups is 1. The lowest BCUT2D eigenvalue weighted by Crippen LogP contribution is -2.23. The summed E-state index contributed by atoms with van der Waals surface area (Å²) in [6.07, 6.45) is 3.84. The topological polar surface area (TPSA) is 108 Å². The second kappa shape index (κ2) is 7.94. The van der Waals surface area contributed by atoms with Gasteiger partial charge in [0.2, 0.25) is 0 Å². The molecule has 174 valence electrons. The van der Waals surface area contributed by atoms with Crippen LogP contribution in [0.25, 0.3) is 27.8 Å². The monoisotopic (exact) mass is 459 g/mol. The first-order valence-corrected chi connectivity index (χ1v) is 11.5. The van der Waals surface area contributed by atoms with E-state index in [4.69, 9.17) is 4.98 Å². The number of nitriles is 1. The molecule has 0 spiro atoms. The van der Waals surface area contributed by atoms with E-state index in [2.05, 4.69) is 20.8 Å². The van der Waals surface area contributed by atoms with Gasteiger partial charge >= 0.3 is 5.97 Å². The number of aliphatic carboxylic acids is 1. The molecule has 0 radical (unpaired) electrons. The Bertz CT molecular complexity index is 1480. The Labute approximate surface area is 196 Å². The van der Waals surface area contributed by atoms with Gasteiger partial charge in [-0.25, -0.2) is 9.37 Å². The predicted molar refractivity (Wildman–Crippen MR) is 126 cm³/mol. The van der Waals surface area contributed by atoms with Crippen LogP contribution in [0.5, 0.6) is 0 Å². The van der Waals surface area contributed by atoms with E-state index in [1.165, 1.54) is 6.07 Å². The highest BCUT2D eigenvalue weighted by Gasteiger charge is 2.39. The molecule has 0 amide bonds. The summed E-state index contributed by atoms with van der Waals surface area (Å²) in [5.41, 5.74) is 4.93. The molecule has 3 aromatic heterocycles. The molecule has 0 saturated heterocycles. The zero-order chi connectivity index (χ0) is 24.2. The van der Waals surface area contributed by atoms with Crippen molar-refractivity contribution in [2.75, 3.05) is 0 Å². The molecule has 0 bridgehead atoms. The quantitative estimate of drug-likeness (QED) is 0.409. The van der Waals surface area contributed by atoms with Gasteiger partial charge in [-0.15, -0.1) is 0 Å². The van der Waals surface area contributed by atoms with Crippen LogP contribution in [0.1, 0.15) is 62.3 Å². The van der Waals surface area contributed by atoms with Gasteiger partial charge in [0.05, 0.1) is 29.2 Å². The molecule has 0 aliphatic heterocycles. The number of pyridine rings is 1. The number of hydrogen-bond acceptors (Lipinski definition) is 4. The molecule has 34 heavy (non-hydrogen) atoms. The van der Waals surface area contributed by atoms with Crippen LogP contribution >= 0.6 is 0 Å². The van der Waals surface area contributed by atoms with Crippen molar-refractivity contribution in [2.24, 2.45) is 5.92 Å². The Morgan fingerprint density at radius 1 is 1.35 bits per heavy atom. The Morgan fingerprint density at radius 3 is 2.82 bits per heavy atom. The molecule has 2 atom stereocenters. The Hall–Kier alpha value is -3.73. The summed E-state index contributed by atoms with van der Waals surface area (Å²) < 4.78 is 16.3. The van der Waals surface area contributed by atoms with E-state index in [9.17, 15) is 19.6 Å². The first-order chi connectivity index (χ1) is 16.2. The average Bonchev–Trinajstić information content (AvgIpc) is 3.50. The molecule has 8 heteroatoms. The van der Waals surface area contributed by atoms with Crippen molar-refractivity contribution in [3.63, 3.8) is 0 Å². The van der Waals surface area contributed by atoms with Crippen LogP contribution < -0.4 is 0 Å². The van der Waals surface area contributed by atoms with Crippen molar-refractivity contribution in [2.45, 2.75) is 57.8 Å². The predicted octanol–water partition coefficient (Wildman–Crippen LogP) is 5.51. The van der Waals surface area contributed by atoms with Gasteiger partial charge in [-0.05, 0) is 61.9 Å². The SMILES string of the molecule is Cc1cc(-n2c(C(C)(C)CC#N)c([C@@H]3CC[C@@H](C(=O)O)C3)c3nc4[nH]ncc4cc32)ccc1F. The highest BCUT2D eigenvalue weighted by Crippen LogP contribution is 2.48. The number of nitrogens with one attached hydrogen (secondary N) is 1. The Balaban J connectivity index is 1.89. The molecule has 1 aromatic carbocycles. The number of H-pyrrole nitrogens is 1. The zero-order valence-electron chi connectivity index (χ0n) is 19.4. The van der Waals surface area contributed by atoms with Crippen molar-refractivity contribution in [1.29, 1.82) is 5.26 Å². The van der Waals surface area contributed by atoms with Gasteiger partial charge in [-0.1, -0.05) is 13.8 Å². The van der Waals surface area contributed by atoms with Crippen LogP contribution in [0, 0.1) is 30.0 Å². The van der Waals surface area contributed by atoms with Crippen molar-refractivity contribution in [3.8, 4) is 11.8 Å². The molecule has 1 aliphatic carbocycles. The van der Waals surface area contributed by atoms with Crippen LogP contribution in [-0.4, -0.2) is 30.8 Å². The number of carboxylic acids is 1. The smallest absolute Gasteiger partial charge is 0.306 e. The highest BCUT2D eigenvalue weighted by molar-refractivity contribution is 5.94. The molecule has 3 heterocycles. The number of halogens is 1. The molecule has 1 aliphatic rings. The van der Waals surface area contributed by atoms with E-state index in [1.807, 2.05) is 19.9 Å². The maximum absolute atomic E-state index is 14.2. The van der Waals surface area contributed by atoms with Crippen LogP contribution in [0.2, 0.25) is 0 Å². The fraction of sp³-hybridized carbons (Fsp3) is 0.385. The molecular weight excluding hydrogens is 433 g/mol. The zero-order valence-corrected chi connectivity index (χ0v) is 19.4. The third-order valence-electron chi connectivity index (χ3n) is 7.13. The summed E-state index contributed by atoms with van der Waals surface area (Å²) in [5.74, 6) is -1.47. The van der Waals surface area contributed by atoms with Crippen molar-refractivity contribution in [1.82, 2.24) is 19.7 Å². The molecule has 2 N–H and O–H groups in total. The Morgan fingerprint density at radius 2 is 2.15 bits per heavy atom. The number of aryl methyl sites for hydroxylation is 1. The number of rotatable bonds is 5. The number of aromatic nitrogens is 4. The molecule has 1 fully saturated rings. The van der Waals surface area contributed by atoms with Crippen LogP contribution in [0.3, 0.4) is 0 Å². The van der Waals surface area contributed by atoms with Crippen molar-refractivity contribution >= 4 is 28.0 Å². The van der Waals surface area contributed by atoms with Gasteiger partial charge in [0.1, 0.15) is 5.82 Å². The lowest BCUT2D eigenvalue weighted by Gasteiger charge is -2.28. The maximum atomic E-state index is 14.2. The maximum Gasteiger partial charge on any atom is 0.306 e. The fourth-order valence-electron chi connectivity index (χ4n) is 5.43. The summed E-state index contributed by atoms with van der Waals surface area (Å²) in [6.45, 7) is 5.78. The minimum Gasteiger partial charge on any atom is -0.481 e. The molecule has 5 rings (SSSR count). The summed E-state index contributed by atoms with van der Waals surface area (Å²) in [5, 5.41) is 27.2. The van der Waals surface area contributed by atoms with Crippen LogP contribution in [0.15, 0.2) is 30.5 Å². The van der Waals surface area contributed by atoms with Gasteiger partial charge in [-0.2, -0.15) is 10.4 Å². The minimum absolute atomic E-state index is 0.00719. The van der Waals surface area contributed by atoms with Crippen molar-refractivity contribution < 1.29 is 14.3 Å². The van der Waals surface area contributed by atoms with E-state index in [0.717, 1.165) is 39.8 Å². The van der Waals surface area contributed by atoms with Crippen LogP contribution in [0.4, 0.5) is 4.39 Å². The number of benzene rings is 1. The number of carboxylic acid groups (broad SMARTS) is 1. The summed E-state index contributed by atoms with van der Waals surface area (Å²) >= 11 is 0. The summed E-state index contributed by atoms with van der Waals surface area (Å²) in [7, 11) is 0. The van der Waals surface area contributed by atoms with Gasteiger partial charge in [0, 0.05) is 34.2 Å². The lowest BCUT2D eigenvalue weighted by atomic mass is 9.80. The minimum atomic E-state index is -0.776. The summed E-state index contributed by atoms with van der Waals surface area (Å²) in [6, 6.07) is 9.33. The van der Waals surface area contributed by atoms with Crippen LogP contribution in [-0.2, 0) is 10.2 Å². The van der Waals surface area contributed by atoms with Crippen molar-refractivity contribution in [3.05, 3.63) is 53.1 Å².